The van der Waals surface area contributed by atoms with Crippen molar-refractivity contribution < 1.29 is 9.90 Å². The summed E-state index contributed by atoms with van der Waals surface area (Å²) in [5, 5.41) is 17.6. The molecule has 2 aromatic heterocycles. The molecule has 0 bridgehead atoms. The van der Waals surface area contributed by atoms with Crippen LogP contribution >= 0.6 is 11.3 Å². The number of aryl methyl sites for hydroxylation is 2. The van der Waals surface area contributed by atoms with E-state index in [-0.39, 0.29) is 24.0 Å². The summed E-state index contributed by atoms with van der Waals surface area (Å²) >= 11 is 1.45. The van der Waals surface area contributed by atoms with E-state index >= 15 is 0 Å². The summed E-state index contributed by atoms with van der Waals surface area (Å²) in [7, 11) is 1.89. The zero-order chi connectivity index (χ0) is 15.8. The van der Waals surface area contributed by atoms with Gasteiger partial charge >= 0.3 is 0 Å². The molecule has 2 N–H and O–H groups in total. The Bertz CT molecular complexity index is 617. The van der Waals surface area contributed by atoms with Crippen molar-refractivity contribution in [2.45, 2.75) is 40.2 Å². The fourth-order valence-electron chi connectivity index (χ4n) is 2.40. The average Bonchev–Trinajstić information content (AvgIpc) is 2.91. The molecule has 6 heteroatoms. The molecule has 0 aromatic carbocycles. The summed E-state index contributed by atoms with van der Waals surface area (Å²) < 4.78 is 1.81. The number of hydrogen-bond acceptors (Lipinski definition) is 4. The van der Waals surface area contributed by atoms with E-state index in [2.05, 4.69) is 31.2 Å². The van der Waals surface area contributed by atoms with Crippen molar-refractivity contribution in [1.82, 2.24) is 15.1 Å². The summed E-state index contributed by atoms with van der Waals surface area (Å²) in [6.45, 7) is 8.20. The first-order chi connectivity index (χ1) is 9.74. The molecule has 0 spiro atoms. The van der Waals surface area contributed by atoms with Crippen LogP contribution < -0.4 is 5.32 Å². The minimum absolute atomic E-state index is 0.0561. The Morgan fingerprint density at radius 1 is 1.52 bits per heavy atom. The molecule has 0 fully saturated rings. The van der Waals surface area contributed by atoms with Gasteiger partial charge in [-0.05, 0) is 24.8 Å². The van der Waals surface area contributed by atoms with Gasteiger partial charge in [-0.25, -0.2) is 0 Å². The van der Waals surface area contributed by atoms with Crippen LogP contribution in [0.25, 0.3) is 10.2 Å². The number of nitrogens with one attached hydrogen (secondary N) is 1. The third-order valence-electron chi connectivity index (χ3n) is 3.69. The molecule has 0 radical (unpaired) electrons. The number of rotatable bonds is 4. The molecule has 1 atom stereocenters. The van der Waals surface area contributed by atoms with Crippen molar-refractivity contribution in [2.24, 2.45) is 12.5 Å². The Morgan fingerprint density at radius 3 is 2.71 bits per heavy atom. The Kier molecular flexibility index (Phi) is 4.39. The molecule has 0 aliphatic carbocycles. The monoisotopic (exact) mass is 309 g/mol. The van der Waals surface area contributed by atoms with Gasteiger partial charge in [-0.2, -0.15) is 5.10 Å². The highest BCUT2D eigenvalue weighted by Gasteiger charge is 2.27. The number of thiophene rings is 1. The quantitative estimate of drug-likeness (QED) is 0.911. The minimum Gasteiger partial charge on any atom is -0.396 e. The van der Waals surface area contributed by atoms with Gasteiger partial charge in [0.25, 0.3) is 5.91 Å². The standard InChI is InChI=1S/C15H23N3O2S/c1-9-10-8-11(21-14(10)18(5)17-9)13(20)16-12(6-7-19)15(2,3)4/h8,12,19H,6-7H2,1-5H3,(H,16,20). The minimum atomic E-state index is -0.0907. The van der Waals surface area contributed by atoms with Crippen molar-refractivity contribution in [3.8, 4) is 0 Å². The third-order valence-corrected chi connectivity index (χ3v) is 4.89. The molecule has 116 valence electrons. The van der Waals surface area contributed by atoms with Crippen LogP contribution in [-0.2, 0) is 7.05 Å². The van der Waals surface area contributed by atoms with Gasteiger partial charge in [0.1, 0.15) is 4.83 Å². The number of fused-ring (bicyclic) bond motifs is 1. The molecule has 0 aliphatic heterocycles. The van der Waals surface area contributed by atoms with E-state index in [4.69, 9.17) is 0 Å². The molecule has 2 aromatic rings. The maximum Gasteiger partial charge on any atom is 0.261 e. The topological polar surface area (TPSA) is 67.2 Å². The molecular formula is C15H23N3O2S. The first kappa shape index (κ1) is 16.0. The molecule has 0 saturated carbocycles. The Balaban J connectivity index is 2.23. The van der Waals surface area contributed by atoms with Crippen molar-refractivity contribution >= 4 is 27.5 Å². The number of aliphatic hydroxyl groups excluding tert-OH is 1. The number of amides is 1. The number of hydrogen-bond donors (Lipinski definition) is 2. The second-order valence-electron chi connectivity index (χ2n) is 6.44. The number of nitrogens with zero attached hydrogens (tertiary/aromatic N) is 2. The molecule has 1 unspecified atom stereocenters. The van der Waals surface area contributed by atoms with E-state index in [1.54, 1.807) is 4.68 Å². The highest BCUT2D eigenvalue weighted by atomic mass is 32.1. The molecule has 2 heterocycles. The zero-order valence-electron chi connectivity index (χ0n) is 13.2. The van der Waals surface area contributed by atoms with E-state index in [1.165, 1.54) is 11.3 Å². The maximum absolute atomic E-state index is 12.5. The zero-order valence-corrected chi connectivity index (χ0v) is 14.0. The SMILES string of the molecule is Cc1nn(C)c2sc(C(=O)NC(CCO)C(C)(C)C)cc12. The lowest BCUT2D eigenvalue weighted by Gasteiger charge is -2.30. The van der Waals surface area contributed by atoms with Crippen LogP contribution in [0.3, 0.4) is 0 Å². The molecule has 1 amide bonds. The van der Waals surface area contributed by atoms with Gasteiger partial charge < -0.3 is 10.4 Å². The summed E-state index contributed by atoms with van der Waals surface area (Å²) in [6, 6.07) is 1.84. The van der Waals surface area contributed by atoms with Crippen LogP contribution in [0.2, 0.25) is 0 Å². The van der Waals surface area contributed by atoms with Gasteiger partial charge in [-0.1, -0.05) is 20.8 Å². The predicted octanol–water partition coefficient (Wildman–Crippen LogP) is 2.47. The molecule has 2 rings (SSSR count). The van der Waals surface area contributed by atoms with Crippen LogP contribution in [0.5, 0.6) is 0 Å². The van der Waals surface area contributed by atoms with E-state index in [1.807, 2.05) is 20.0 Å². The van der Waals surface area contributed by atoms with E-state index < -0.39 is 0 Å². The average molecular weight is 309 g/mol. The molecule has 21 heavy (non-hydrogen) atoms. The third kappa shape index (κ3) is 3.27. The van der Waals surface area contributed by atoms with Gasteiger partial charge in [0.05, 0.1) is 10.6 Å². The molecule has 0 saturated heterocycles. The van der Waals surface area contributed by atoms with E-state index in [0.29, 0.717) is 11.3 Å². The van der Waals surface area contributed by atoms with Gasteiger partial charge in [-0.3, -0.25) is 9.48 Å². The first-order valence-corrected chi connectivity index (χ1v) is 7.90. The number of carbonyl (C=O) groups is 1. The Hall–Kier alpha value is -1.40. The summed E-state index contributed by atoms with van der Waals surface area (Å²) in [5.41, 5.74) is 0.845. The summed E-state index contributed by atoms with van der Waals surface area (Å²) in [6.07, 6.45) is 0.556. The van der Waals surface area contributed by atoms with Crippen molar-refractivity contribution in [3.63, 3.8) is 0 Å². The Labute approximate surface area is 129 Å². The van der Waals surface area contributed by atoms with E-state index in [0.717, 1.165) is 15.9 Å². The van der Waals surface area contributed by atoms with Crippen molar-refractivity contribution in [3.05, 3.63) is 16.6 Å². The van der Waals surface area contributed by atoms with Crippen molar-refractivity contribution in [1.29, 1.82) is 0 Å². The van der Waals surface area contributed by atoms with Gasteiger partial charge in [0.2, 0.25) is 0 Å². The second-order valence-corrected chi connectivity index (χ2v) is 7.47. The second kappa shape index (κ2) is 5.77. The van der Waals surface area contributed by atoms with Crippen LogP contribution in [0.15, 0.2) is 6.07 Å². The number of aromatic nitrogens is 2. The first-order valence-electron chi connectivity index (χ1n) is 7.09. The summed E-state index contributed by atoms with van der Waals surface area (Å²) in [4.78, 5) is 14.1. The van der Waals surface area contributed by atoms with Crippen LogP contribution in [0, 0.1) is 12.3 Å². The fraction of sp³-hybridized carbons (Fsp3) is 0.600. The normalized spacial score (nSPS) is 13.6. The fourth-order valence-corrected chi connectivity index (χ4v) is 3.42. The number of carbonyl (C=O) groups excluding carboxylic acids is 1. The smallest absolute Gasteiger partial charge is 0.261 e. The van der Waals surface area contributed by atoms with Crippen LogP contribution in [0.1, 0.15) is 42.6 Å². The Morgan fingerprint density at radius 2 is 2.19 bits per heavy atom. The largest absolute Gasteiger partial charge is 0.396 e. The highest BCUT2D eigenvalue weighted by molar-refractivity contribution is 7.20. The van der Waals surface area contributed by atoms with Gasteiger partial charge in [-0.15, -0.1) is 11.3 Å². The van der Waals surface area contributed by atoms with Crippen molar-refractivity contribution in [2.75, 3.05) is 6.61 Å². The van der Waals surface area contributed by atoms with E-state index in [9.17, 15) is 9.90 Å². The summed E-state index contributed by atoms with van der Waals surface area (Å²) in [5.74, 6) is -0.0797. The highest BCUT2D eigenvalue weighted by Crippen LogP contribution is 2.28. The molecule has 5 nitrogen and oxygen atoms in total. The maximum atomic E-state index is 12.5. The number of aliphatic hydroxyl groups is 1. The van der Waals surface area contributed by atoms with Gasteiger partial charge in [0.15, 0.2) is 0 Å². The van der Waals surface area contributed by atoms with Crippen LogP contribution in [-0.4, -0.2) is 33.4 Å². The lowest BCUT2D eigenvalue weighted by Crippen LogP contribution is -2.44. The van der Waals surface area contributed by atoms with Gasteiger partial charge in [0, 0.05) is 25.1 Å². The predicted molar refractivity (Wildman–Crippen MR) is 85.7 cm³/mol. The lowest BCUT2D eigenvalue weighted by molar-refractivity contribution is 0.0889. The van der Waals surface area contributed by atoms with Crippen LogP contribution in [0.4, 0.5) is 0 Å². The molecular weight excluding hydrogens is 286 g/mol. The lowest BCUT2D eigenvalue weighted by atomic mass is 9.85. The molecule has 0 aliphatic rings.